The van der Waals surface area contributed by atoms with Crippen molar-refractivity contribution >= 4 is 23.0 Å². The Hall–Kier alpha value is -3.15. The molecule has 4 rings (SSSR count). The maximum atomic E-state index is 14.9. The van der Waals surface area contributed by atoms with E-state index in [1.54, 1.807) is 25.1 Å². The van der Waals surface area contributed by atoms with Gasteiger partial charge in [-0.1, -0.05) is 43.7 Å². The maximum absolute atomic E-state index is 14.9. The van der Waals surface area contributed by atoms with Gasteiger partial charge in [-0.25, -0.2) is 14.2 Å². The molecule has 0 unspecified atom stereocenters. The second-order valence-electron chi connectivity index (χ2n) is 6.71. The fourth-order valence-corrected chi connectivity index (χ4v) is 3.77. The Morgan fingerprint density at radius 1 is 1.18 bits per heavy atom. The topological polar surface area (TPSA) is 56.2 Å². The molecule has 0 bridgehead atoms. The van der Waals surface area contributed by atoms with E-state index >= 15 is 0 Å². The number of hydrogen-bond acceptors (Lipinski definition) is 4. The van der Waals surface area contributed by atoms with Crippen molar-refractivity contribution in [3.8, 4) is 0 Å². The van der Waals surface area contributed by atoms with Crippen LogP contribution in [0.5, 0.6) is 0 Å². The van der Waals surface area contributed by atoms with Gasteiger partial charge >= 0.3 is 5.97 Å². The fourth-order valence-electron chi connectivity index (χ4n) is 3.77. The Balaban J connectivity index is 2.02. The number of carbonyl (C=O) groups excluding carboxylic acids is 1. The van der Waals surface area contributed by atoms with E-state index in [2.05, 4.69) is 10.3 Å². The van der Waals surface area contributed by atoms with Crippen molar-refractivity contribution in [2.45, 2.75) is 32.7 Å². The number of benzene rings is 2. The number of ether oxygens (including phenoxy) is 1. The van der Waals surface area contributed by atoms with Gasteiger partial charge in [-0.05, 0) is 31.5 Å². The van der Waals surface area contributed by atoms with Gasteiger partial charge in [0, 0.05) is 11.3 Å². The van der Waals surface area contributed by atoms with Crippen molar-refractivity contribution in [2.75, 3.05) is 11.9 Å². The van der Waals surface area contributed by atoms with Crippen molar-refractivity contribution in [1.82, 2.24) is 9.55 Å². The van der Waals surface area contributed by atoms with Gasteiger partial charge in [0.25, 0.3) is 0 Å². The summed E-state index contributed by atoms with van der Waals surface area (Å²) in [7, 11) is 0. The highest BCUT2D eigenvalue weighted by Crippen LogP contribution is 2.41. The second kappa shape index (κ2) is 7.46. The monoisotopic (exact) mass is 379 g/mol. The highest BCUT2D eigenvalue weighted by atomic mass is 19.1. The van der Waals surface area contributed by atoms with E-state index in [1.165, 1.54) is 6.07 Å². The number of nitrogens with zero attached hydrogens (tertiary/aromatic N) is 2. The standard InChI is InChI=1S/C22H22FN3O2/c1-3-9-17-19(21(27)28-4-2)20(14-10-5-6-11-15(14)23)26-18-13-8-7-12-16(18)24-22(26)25-17/h5-8,10-13,20H,3-4,9H2,1-2H3,(H,24,25)/t20-/m0/s1. The molecule has 0 saturated carbocycles. The molecule has 1 atom stereocenters. The number of hydrogen-bond donors (Lipinski definition) is 1. The predicted molar refractivity (Wildman–Crippen MR) is 106 cm³/mol. The predicted octanol–water partition coefficient (Wildman–Crippen LogP) is 4.81. The van der Waals surface area contributed by atoms with Crippen molar-refractivity contribution in [2.24, 2.45) is 0 Å². The van der Waals surface area contributed by atoms with Crippen LogP contribution in [0, 0.1) is 5.82 Å². The van der Waals surface area contributed by atoms with E-state index in [1.807, 2.05) is 35.8 Å². The third kappa shape index (κ3) is 2.95. The average molecular weight is 379 g/mol. The lowest BCUT2D eigenvalue weighted by Gasteiger charge is -2.31. The number of rotatable bonds is 5. The minimum atomic E-state index is -0.648. The number of esters is 1. The van der Waals surface area contributed by atoms with Crippen LogP contribution in [0.1, 0.15) is 38.3 Å². The lowest BCUT2D eigenvalue weighted by Crippen LogP contribution is -2.30. The second-order valence-corrected chi connectivity index (χ2v) is 6.71. The SMILES string of the molecule is CCCC1=C(C(=O)OCC)[C@H](c2ccccc2F)n2c(nc3ccccc32)N1. The molecule has 0 amide bonds. The summed E-state index contributed by atoms with van der Waals surface area (Å²) in [6.45, 7) is 4.06. The quantitative estimate of drug-likeness (QED) is 0.647. The molecule has 1 N–H and O–H groups in total. The van der Waals surface area contributed by atoms with Gasteiger partial charge in [-0.3, -0.25) is 4.57 Å². The number of carbonyl (C=O) groups is 1. The molecule has 1 aliphatic heterocycles. The largest absolute Gasteiger partial charge is 0.463 e. The van der Waals surface area contributed by atoms with Gasteiger partial charge in [0.05, 0.1) is 29.3 Å². The summed E-state index contributed by atoms with van der Waals surface area (Å²) < 4.78 is 22.1. The summed E-state index contributed by atoms with van der Waals surface area (Å²) in [5, 5.41) is 3.30. The molecule has 28 heavy (non-hydrogen) atoms. The van der Waals surface area contributed by atoms with Crippen LogP contribution in [-0.2, 0) is 9.53 Å². The molecule has 3 aromatic rings. The van der Waals surface area contributed by atoms with E-state index in [9.17, 15) is 9.18 Å². The van der Waals surface area contributed by atoms with E-state index in [0.29, 0.717) is 23.5 Å². The van der Waals surface area contributed by atoms with Gasteiger partial charge in [-0.15, -0.1) is 0 Å². The summed E-state index contributed by atoms with van der Waals surface area (Å²) in [6, 6.07) is 13.6. The molecule has 0 aliphatic carbocycles. The highest BCUT2D eigenvalue weighted by Gasteiger charge is 2.37. The summed E-state index contributed by atoms with van der Waals surface area (Å²) >= 11 is 0. The summed E-state index contributed by atoms with van der Waals surface area (Å²) in [5.74, 6) is -0.197. The Bertz CT molecular complexity index is 1070. The van der Waals surface area contributed by atoms with Crippen molar-refractivity contribution in [1.29, 1.82) is 0 Å². The molecule has 0 saturated heterocycles. The Morgan fingerprint density at radius 2 is 1.93 bits per heavy atom. The number of imidazole rings is 1. The first-order chi connectivity index (χ1) is 13.7. The lowest BCUT2D eigenvalue weighted by atomic mass is 9.93. The third-order valence-electron chi connectivity index (χ3n) is 4.91. The van der Waals surface area contributed by atoms with Crippen LogP contribution < -0.4 is 5.32 Å². The molecule has 1 aliphatic rings. The number of allylic oxidation sites excluding steroid dienone is 1. The number of para-hydroxylation sites is 2. The molecule has 0 spiro atoms. The van der Waals surface area contributed by atoms with E-state index in [0.717, 1.165) is 23.2 Å². The Labute approximate surface area is 162 Å². The molecule has 2 heterocycles. The molecule has 0 fully saturated rings. The van der Waals surface area contributed by atoms with Crippen molar-refractivity contribution in [3.05, 3.63) is 71.2 Å². The van der Waals surface area contributed by atoms with Crippen LogP contribution in [0.3, 0.4) is 0 Å². The van der Waals surface area contributed by atoms with Crippen LogP contribution in [-0.4, -0.2) is 22.1 Å². The first-order valence-electron chi connectivity index (χ1n) is 9.54. The van der Waals surface area contributed by atoms with Crippen LogP contribution in [0.2, 0.25) is 0 Å². The van der Waals surface area contributed by atoms with Crippen LogP contribution in [0.15, 0.2) is 59.8 Å². The Kier molecular flexibility index (Phi) is 4.86. The zero-order valence-electron chi connectivity index (χ0n) is 15.9. The summed E-state index contributed by atoms with van der Waals surface area (Å²) in [4.78, 5) is 17.6. The zero-order valence-corrected chi connectivity index (χ0v) is 15.9. The molecule has 1 aromatic heterocycles. The van der Waals surface area contributed by atoms with Gasteiger partial charge in [0.15, 0.2) is 0 Å². The van der Waals surface area contributed by atoms with Gasteiger partial charge in [0.2, 0.25) is 5.95 Å². The van der Waals surface area contributed by atoms with Gasteiger partial charge in [0.1, 0.15) is 5.82 Å². The maximum Gasteiger partial charge on any atom is 0.338 e. The van der Waals surface area contributed by atoms with Crippen LogP contribution >= 0.6 is 0 Å². The van der Waals surface area contributed by atoms with Crippen LogP contribution in [0.4, 0.5) is 10.3 Å². The first-order valence-corrected chi connectivity index (χ1v) is 9.54. The molecule has 2 aromatic carbocycles. The zero-order chi connectivity index (χ0) is 19.7. The van der Waals surface area contributed by atoms with E-state index in [-0.39, 0.29) is 12.4 Å². The number of anilines is 1. The Morgan fingerprint density at radius 3 is 2.68 bits per heavy atom. The number of fused-ring (bicyclic) bond motifs is 3. The minimum Gasteiger partial charge on any atom is -0.463 e. The molecule has 5 nitrogen and oxygen atoms in total. The lowest BCUT2D eigenvalue weighted by molar-refractivity contribution is -0.139. The van der Waals surface area contributed by atoms with Crippen molar-refractivity contribution in [3.63, 3.8) is 0 Å². The number of nitrogens with one attached hydrogen (secondary N) is 1. The average Bonchev–Trinajstić information content (AvgIpc) is 3.06. The van der Waals surface area contributed by atoms with Crippen molar-refractivity contribution < 1.29 is 13.9 Å². The first kappa shape index (κ1) is 18.2. The minimum absolute atomic E-state index is 0.253. The van der Waals surface area contributed by atoms with E-state index < -0.39 is 12.0 Å². The normalized spacial score (nSPS) is 16.0. The van der Waals surface area contributed by atoms with Crippen LogP contribution in [0.25, 0.3) is 11.0 Å². The highest BCUT2D eigenvalue weighted by molar-refractivity contribution is 5.94. The third-order valence-corrected chi connectivity index (χ3v) is 4.91. The molecule has 0 radical (unpaired) electrons. The summed E-state index contributed by atoms with van der Waals surface area (Å²) in [5.41, 5.74) is 3.20. The molecular weight excluding hydrogens is 357 g/mol. The number of aromatic nitrogens is 2. The van der Waals surface area contributed by atoms with Gasteiger partial charge in [-0.2, -0.15) is 0 Å². The molecule has 6 heteroatoms. The molecule has 144 valence electrons. The summed E-state index contributed by atoms with van der Waals surface area (Å²) in [6.07, 6.45) is 1.47. The fraction of sp³-hybridized carbons (Fsp3) is 0.273. The number of halogens is 1. The molecular formula is C22H22FN3O2. The smallest absolute Gasteiger partial charge is 0.338 e. The van der Waals surface area contributed by atoms with Gasteiger partial charge < -0.3 is 10.1 Å². The van der Waals surface area contributed by atoms with E-state index in [4.69, 9.17) is 4.74 Å².